The Kier molecular flexibility index (Phi) is 32.5. The fourth-order valence-corrected chi connectivity index (χ4v) is 6.24. The molecule has 0 bridgehead atoms. The molecule has 1 aliphatic heterocycles. The number of unbranched alkanes of at least 4 members (excludes halogenated alkanes) is 18. The first-order chi connectivity index (χ1) is 23.7. The highest BCUT2D eigenvalue weighted by Gasteiger charge is 2.34. The molecule has 1 heterocycles. The predicted molar refractivity (Wildman–Crippen MR) is 208 cm³/mol. The first-order valence-electron chi connectivity index (χ1n) is 20.5. The molecule has 0 spiro atoms. The molecule has 278 valence electrons. The maximum atomic E-state index is 11.3. The van der Waals surface area contributed by atoms with Gasteiger partial charge in [0.2, 0.25) is 5.91 Å². The Morgan fingerprint density at radius 2 is 0.896 bits per heavy atom. The Hall–Kier alpha value is -1.69. The first-order valence-corrected chi connectivity index (χ1v) is 20.5. The summed E-state index contributed by atoms with van der Waals surface area (Å²) in [6, 6.07) is 0. The standard InChI is InChI=1S/C43H78N2O3/c1-3-5-7-9-11-13-15-17-19-21-23-25-27-29-31-33-37-47-41-39-45(36-35-43(44)46)40-42(41)48-38-34-32-30-28-26-24-22-20-18-16-14-12-10-8-6-4-2/h11-14,17-20,41-42H,3-10,15-16,21-40H2,1-2H3,(H2,44,46)/b13-11-,14-12-,19-17-,20-18-/t41-,42?/m1/s1. The summed E-state index contributed by atoms with van der Waals surface area (Å²) in [5.74, 6) is -0.237. The minimum Gasteiger partial charge on any atom is -0.374 e. The average Bonchev–Trinajstić information content (AvgIpc) is 3.48. The summed E-state index contributed by atoms with van der Waals surface area (Å²) >= 11 is 0. The molecule has 0 aromatic heterocycles. The molecule has 5 heteroatoms. The molecule has 1 unspecified atom stereocenters. The maximum absolute atomic E-state index is 11.3. The SMILES string of the molecule is CCCCC/C=C\C/C=C\CCCCCCCCOC1CN(CCC(N)=O)C[C@H]1OCCCCCCCC/C=C\C/C=C\CCCCC. The molecule has 0 aromatic carbocycles. The highest BCUT2D eigenvalue weighted by atomic mass is 16.5. The van der Waals surface area contributed by atoms with Gasteiger partial charge in [0, 0.05) is 39.3 Å². The number of likely N-dealkylation sites (tertiary alicyclic amines) is 1. The van der Waals surface area contributed by atoms with Crippen LogP contribution in [0.15, 0.2) is 48.6 Å². The van der Waals surface area contributed by atoms with Gasteiger partial charge in [0.25, 0.3) is 0 Å². The van der Waals surface area contributed by atoms with Crippen molar-refractivity contribution in [3.8, 4) is 0 Å². The molecule has 0 radical (unpaired) electrons. The van der Waals surface area contributed by atoms with Crippen LogP contribution in [0.4, 0.5) is 0 Å². The van der Waals surface area contributed by atoms with Gasteiger partial charge in [-0.05, 0) is 77.0 Å². The van der Waals surface area contributed by atoms with Gasteiger partial charge in [-0.1, -0.05) is 140 Å². The third kappa shape index (κ3) is 29.2. The number of carbonyl (C=O) groups excluding carboxylic acids is 1. The van der Waals surface area contributed by atoms with Crippen molar-refractivity contribution in [1.29, 1.82) is 0 Å². The van der Waals surface area contributed by atoms with Crippen molar-refractivity contribution in [3.05, 3.63) is 48.6 Å². The molecular weight excluding hydrogens is 592 g/mol. The van der Waals surface area contributed by atoms with E-state index in [1.54, 1.807) is 0 Å². The van der Waals surface area contributed by atoms with Crippen molar-refractivity contribution >= 4 is 5.91 Å². The lowest BCUT2D eigenvalue weighted by molar-refractivity contribution is -0.118. The van der Waals surface area contributed by atoms with Crippen LogP contribution in [0.3, 0.4) is 0 Å². The van der Waals surface area contributed by atoms with Gasteiger partial charge in [0.15, 0.2) is 0 Å². The number of nitrogens with zero attached hydrogens (tertiary/aromatic N) is 1. The topological polar surface area (TPSA) is 64.8 Å². The fourth-order valence-electron chi connectivity index (χ4n) is 6.24. The number of primary amides is 1. The Labute approximate surface area is 298 Å². The number of ether oxygens (including phenoxy) is 2. The number of amides is 1. The molecule has 1 saturated heterocycles. The van der Waals surface area contributed by atoms with Gasteiger partial charge in [0.05, 0.1) is 12.2 Å². The van der Waals surface area contributed by atoms with Crippen molar-refractivity contribution in [1.82, 2.24) is 4.90 Å². The highest BCUT2D eigenvalue weighted by molar-refractivity contribution is 5.73. The zero-order valence-corrected chi connectivity index (χ0v) is 31.7. The Morgan fingerprint density at radius 1 is 0.542 bits per heavy atom. The molecule has 0 aliphatic carbocycles. The second kappa shape index (κ2) is 35.1. The van der Waals surface area contributed by atoms with Gasteiger partial charge in [0.1, 0.15) is 0 Å². The Balaban J connectivity index is 2.08. The van der Waals surface area contributed by atoms with E-state index in [0.29, 0.717) is 13.0 Å². The van der Waals surface area contributed by atoms with Crippen molar-refractivity contribution in [3.63, 3.8) is 0 Å². The summed E-state index contributed by atoms with van der Waals surface area (Å²) in [7, 11) is 0. The van der Waals surface area contributed by atoms with Gasteiger partial charge in [-0.25, -0.2) is 0 Å². The fraction of sp³-hybridized carbons (Fsp3) is 0.791. The van der Waals surface area contributed by atoms with Gasteiger partial charge < -0.3 is 15.2 Å². The number of rotatable bonds is 35. The summed E-state index contributed by atoms with van der Waals surface area (Å²) in [4.78, 5) is 13.6. The third-order valence-electron chi connectivity index (χ3n) is 9.32. The van der Waals surface area contributed by atoms with Gasteiger partial charge in [-0.15, -0.1) is 0 Å². The zero-order valence-electron chi connectivity index (χ0n) is 31.7. The summed E-state index contributed by atoms with van der Waals surface area (Å²) in [5, 5.41) is 0. The normalized spacial score (nSPS) is 17.4. The lowest BCUT2D eigenvalue weighted by Crippen LogP contribution is -2.30. The Bertz CT molecular complexity index is 763. The van der Waals surface area contributed by atoms with Crippen LogP contribution in [0.5, 0.6) is 0 Å². The number of carbonyl (C=O) groups is 1. The molecule has 0 saturated carbocycles. The predicted octanol–water partition coefficient (Wildman–Crippen LogP) is 11.6. The van der Waals surface area contributed by atoms with E-state index in [1.165, 1.54) is 128 Å². The quantitative estimate of drug-likeness (QED) is 0.0538. The molecule has 2 N–H and O–H groups in total. The molecule has 48 heavy (non-hydrogen) atoms. The van der Waals surface area contributed by atoms with Crippen molar-refractivity contribution < 1.29 is 14.3 Å². The van der Waals surface area contributed by atoms with Crippen LogP contribution in [0.2, 0.25) is 0 Å². The minimum absolute atomic E-state index is 0.0976. The maximum Gasteiger partial charge on any atom is 0.218 e. The monoisotopic (exact) mass is 671 g/mol. The smallest absolute Gasteiger partial charge is 0.218 e. The molecular formula is C43H78N2O3. The van der Waals surface area contributed by atoms with E-state index in [-0.39, 0.29) is 18.1 Å². The molecule has 5 nitrogen and oxygen atoms in total. The van der Waals surface area contributed by atoms with E-state index in [9.17, 15) is 4.79 Å². The summed E-state index contributed by atoms with van der Waals surface area (Å²) in [6.45, 7) is 8.49. The molecule has 1 amide bonds. The van der Waals surface area contributed by atoms with Gasteiger partial charge >= 0.3 is 0 Å². The van der Waals surface area contributed by atoms with E-state index in [0.717, 1.165) is 52.0 Å². The van der Waals surface area contributed by atoms with Crippen molar-refractivity contribution in [2.24, 2.45) is 5.73 Å². The molecule has 1 rings (SSSR count). The third-order valence-corrected chi connectivity index (χ3v) is 9.32. The van der Waals surface area contributed by atoms with E-state index < -0.39 is 0 Å². The zero-order chi connectivity index (χ0) is 34.6. The summed E-state index contributed by atoms with van der Waals surface area (Å²) in [5.41, 5.74) is 5.41. The lowest BCUT2D eigenvalue weighted by atomic mass is 10.1. The lowest BCUT2D eigenvalue weighted by Gasteiger charge is -2.20. The molecule has 0 aromatic rings. The number of allylic oxidation sites excluding steroid dienone is 8. The molecule has 1 fully saturated rings. The first kappa shape index (κ1) is 44.3. The Morgan fingerprint density at radius 3 is 1.27 bits per heavy atom. The average molecular weight is 671 g/mol. The number of hydrogen-bond donors (Lipinski definition) is 1. The number of nitrogens with two attached hydrogens (primary N) is 1. The largest absolute Gasteiger partial charge is 0.374 e. The summed E-state index contributed by atoms with van der Waals surface area (Å²) < 4.78 is 12.7. The number of hydrogen-bond acceptors (Lipinski definition) is 4. The van der Waals surface area contributed by atoms with Crippen LogP contribution in [0, 0.1) is 0 Å². The van der Waals surface area contributed by atoms with E-state index in [4.69, 9.17) is 15.2 Å². The van der Waals surface area contributed by atoms with Gasteiger partial charge in [-0.3, -0.25) is 9.69 Å². The molecule has 2 atom stereocenters. The van der Waals surface area contributed by atoms with Crippen LogP contribution < -0.4 is 5.73 Å². The van der Waals surface area contributed by atoms with Gasteiger partial charge in [-0.2, -0.15) is 0 Å². The highest BCUT2D eigenvalue weighted by Crippen LogP contribution is 2.19. The van der Waals surface area contributed by atoms with Crippen LogP contribution in [0.25, 0.3) is 0 Å². The second-order valence-electron chi connectivity index (χ2n) is 14.0. The van der Waals surface area contributed by atoms with Crippen LogP contribution in [0.1, 0.15) is 174 Å². The minimum atomic E-state index is -0.237. The van der Waals surface area contributed by atoms with E-state index in [2.05, 4.69) is 67.4 Å². The van der Waals surface area contributed by atoms with Crippen LogP contribution in [-0.4, -0.2) is 55.9 Å². The summed E-state index contributed by atoms with van der Waals surface area (Å²) in [6.07, 6.45) is 49.3. The van der Waals surface area contributed by atoms with E-state index >= 15 is 0 Å². The van der Waals surface area contributed by atoms with Crippen LogP contribution in [-0.2, 0) is 14.3 Å². The van der Waals surface area contributed by atoms with Crippen molar-refractivity contribution in [2.75, 3.05) is 32.8 Å². The molecule has 1 aliphatic rings. The van der Waals surface area contributed by atoms with Crippen LogP contribution >= 0.6 is 0 Å². The van der Waals surface area contributed by atoms with E-state index in [1.807, 2.05) is 0 Å². The van der Waals surface area contributed by atoms with Crippen molar-refractivity contribution in [2.45, 2.75) is 187 Å². The second-order valence-corrected chi connectivity index (χ2v) is 14.0.